The maximum Gasteiger partial charge on any atom is 0.0717 e. The predicted molar refractivity (Wildman–Crippen MR) is 104 cm³/mol. The average Bonchev–Trinajstić information content (AvgIpc) is 2.84. The van der Waals surface area contributed by atoms with Gasteiger partial charge in [-0.15, -0.1) is 0 Å². The molecule has 1 heteroatoms. The molecule has 0 radical (unpaired) electrons. The van der Waals surface area contributed by atoms with Crippen LogP contribution in [0.15, 0.2) is 24.3 Å². The van der Waals surface area contributed by atoms with Crippen molar-refractivity contribution in [2.24, 2.45) is 22.7 Å². The van der Waals surface area contributed by atoms with E-state index in [1.165, 1.54) is 36.8 Å². The van der Waals surface area contributed by atoms with Crippen LogP contribution in [0.5, 0.6) is 0 Å². The summed E-state index contributed by atoms with van der Waals surface area (Å²) in [6.07, 6.45) is 6.60. The first kappa shape index (κ1) is 19.5. The molecule has 2 unspecified atom stereocenters. The number of hydrogen-bond acceptors (Lipinski definition) is 1. The largest absolute Gasteiger partial charge is 0.376 e. The fourth-order valence-electron chi connectivity index (χ4n) is 4.09. The van der Waals surface area contributed by atoms with Crippen molar-refractivity contribution >= 4 is 0 Å². The van der Waals surface area contributed by atoms with Crippen molar-refractivity contribution in [1.29, 1.82) is 0 Å². The van der Waals surface area contributed by atoms with Crippen molar-refractivity contribution in [3.63, 3.8) is 0 Å². The molecule has 0 N–H and O–H groups in total. The van der Waals surface area contributed by atoms with Gasteiger partial charge >= 0.3 is 0 Å². The minimum Gasteiger partial charge on any atom is -0.376 e. The van der Waals surface area contributed by atoms with E-state index >= 15 is 0 Å². The summed E-state index contributed by atoms with van der Waals surface area (Å²) in [6.45, 7) is 15.6. The number of rotatable bonds is 6. The molecular formula is C23H38O. The smallest absolute Gasteiger partial charge is 0.0717 e. The zero-order valence-electron chi connectivity index (χ0n) is 16.8. The molecular weight excluding hydrogens is 292 g/mol. The van der Waals surface area contributed by atoms with Crippen molar-refractivity contribution in [2.45, 2.75) is 80.3 Å². The quantitative estimate of drug-likeness (QED) is 0.567. The Morgan fingerprint density at radius 3 is 2.00 bits per heavy atom. The molecule has 0 amide bonds. The van der Waals surface area contributed by atoms with Crippen molar-refractivity contribution in [2.75, 3.05) is 6.61 Å². The molecule has 0 bridgehead atoms. The van der Waals surface area contributed by atoms with E-state index in [4.69, 9.17) is 4.74 Å². The molecule has 1 fully saturated rings. The topological polar surface area (TPSA) is 9.23 Å². The van der Waals surface area contributed by atoms with Crippen molar-refractivity contribution in [1.82, 2.24) is 0 Å². The van der Waals surface area contributed by atoms with Gasteiger partial charge in [-0.1, -0.05) is 72.2 Å². The van der Waals surface area contributed by atoms with Crippen molar-refractivity contribution < 1.29 is 4.74 Å². The van der Waals surface area contributed by atoms with Gasteiger partial charge in [0.2, 0.25) is 0 Å². The normalized spacial score (nSPS) is 22.1. The third kappa shape index (κ3) is 7.38. The lowest BCUT2D eigenvalue weighted by Gasteiger charge is -2.22. The maximum atomic E-state index is 6.02. The van der Waals surface area contributed by atoms with Crippen LogP contribution >= 0.6 is 0 Å². The number of benzene rings is 1. The highest BCUT2D eigenvalue weighted by atomic mass is 16.5. The lowest BCUT2D eigenvalue weighted by Crippen LogP contribution is -2.12. The van der Waals surface area contributed by atoms with Gasteiger partial charge < -0.3 is 4.74 Å². The molecule has 1 aromatic carbocycles. The summed E-state index contributed by atoms with van der Waals surface area (Å²) in [5.74, 6) is 1.69. The second-order valence-electron chi connectivity index (χ2n) is 10.4. The van der Waals surface area contributed by atoms with E-state index in [9.17, 15) is 0 Å². The minimum absolute atomic E-state index is 0.351. The first-order valence-corrected chi connectivity index (χ1v) is 9.76. The maximum absolute atomic E-state index is 6.02. The Bertz CT molecular complexity index is 486. The van der Waals surface area contributed by atoms with Crippen LogP contribution < -0.4 is 0 Å². The van der Waals surface area contributed by atoms with Crippen LogP contribution in [0.2, 0.25) is 0 Å². The molecule has 0 aromatic heterocycles. The van der Waals surface area contributed by atoms with Crippen molar-refractivity contribution in [3.8, 4) is 0 Å². The predicted octanol–water partition coefficient (Wildman–Crippen LogP) is 6.64. The highest BCUT2D eigenvalue weighted by Gasteiger charge is 2.28. The molecule has 24 heavy (non-hydrogen) atoms. The molecule has 0 spiro atoms. The first-order valence-electron chi connectivity index (χ1n) is 9.76. The molecule has 2 atom stereocenters. The summed E-state index contributed by atoms with van der Waals surface area (Å²) in [6, 6.07) is 8.99. The summed E-state index contributed by atoms with van der Waals surface area (Å²) < 4.78 is 6.02. The molecule has 1 aliphatic carbocycles. The molecule has 1 aromatic rings. The zero-order chi connectivity index (χ0) is 17.8. The Morgan fingerprint density at radius 1 is 0.833 bits per heavy atom. The third-order valence-corrected chi connectivity index (χ3v) is 4.93. The second kappa shape index (κ2) is 8.04. The third-order valence-electron chi connectivity index (χ3n) is 4.93. The summed E-state index contributed by atoms with van der Waals surface area (Å²) in [5, 5.41) is 0. The molecule has 1 aliphatic rings. The highest BCUT2D eigenvalue weighted by molar-refractivity contribution is 5.22. The Morgan fingerprint density at radius 2 is 1.42 bits per heavy atom. The summed E-state index contributed by atoms with van der Waals surface area (Å²) in [7, 11) is 0. The van der Waals surface area contributed by atoms with Crippen molar-refractivity contribution in [3.05, 3.63) is 35.4 Å². The van der Waals surface area contributed by atoms with Crippen LogP contribution in [0.4, 0.5) is 0 Å². The van der Waals surface area contributed by atoms with Crippen LogP contribution in [0.25, 0.3) is 0 Å². The zero-order valence-corrected chi connectivity index (χ0v) is 16.8. The molecule has 2 rings (SSSR count). The van der Waals surface area contributed by atoms with Gasteiger partial charge in [-0.2, -0.15) is 0 Å². The van der Waals surface area contributed by atoms with Crippen LogP contribution in [0, 0.1) is 22.7 Å². The van der Waals surface area contributed by atoms with Gasteiger partial charge in [-0.05, 0) is 59.5 Å². The second-order valence-corrected chi connectivity index (χ2v) is 10.4. The van der Waals surface area contributed by atoms with Gasteiger partial charge in [-0.25, -0.2) is 0 Å². The molecule has 136 valence electrons. The molecule has 0 saturated heterocycles. The SMILES string of the molecule is CC(C)(C)Cc1ccc(COCC2CCC(CC(C)(C)C)C2)cc1. The number of ether oxygens (including phenoxy) is 1. The van der Waals surface area contributed by atoms with E-state index in [2.05, 4.69) is 65.8 Å². The lowest BCUT2D eigenvalue weighted by molar-refractivity contribution is 0.0867. The van der Waals surface area contributed by atoms with Gasteiger partial charge in [0.25, 0.3) is 0 Å². The van der Waals surface area contributed by atoms with Crippen LogP contribution in [0.3, 0.4) is 0 Å². The summed E-state index contributed by atoms with van der Waals surface area (Å²) >= 11 is 0. The van der Waals surface area contributed by atoms with Crippen LogP contribution in [-0.2, 0) is 17.8 Å². The summed E-state index contributed by atoms with van der Waals surface area (Å²) in [4.78, 5) is 0. The van der Waals surface area contributed by atoms with E-state index in [0.717, 1.165) is 31.5 Å². The van der Waals surface area contributed by atoms with Gasteiger partial charge in [-0.3, -0.25) is 0 Å². The van der Waals surface area contributed by atoms with Gasteiger partial charge in [0.15, 0.2) is 0 Å². The highest BCUT2D eigenvalue weighted by Crippen LogP contribution is 2.38. The fourth-order valence-corrected chi connectivity index (χ4v) is 4.09. The molecule has 1 nitrogen and oxygen atoms in total. The van der Waals surface area contributed by atoms with Crippen LogP contribution in [0.1, 0.15) is 78.4 Å². The molecule has 1 saturated carbocycles. The monoisotopic (exact) mass is 330 g/mol. The Balaban J connectivity index is 1.69. The van der Waals surface area contributed by atoms with Gasteiger partial charge in [0.05, 0.1) is 6.61 Å². The van der Waals surface area contributed by atoms with E-state index in [1.54, 1.807) is 0 Å². The lowest BCUT2D eigenvalue weighted by atomic mass is 9.83. The van der Waals surface area contributed by atoms with Gasteiger partial charge in [0, 0.05) is 6.61 Å². The van der Waals surface area contributed by atoms with Crippen LogP contribution in [-0.4, -0.2) is 6.61 Å². The average molecular weight is 331 g/mol. The van der Waals surface area contributed by atoms with E-state index < -0.39 is 0 Å². The van der Waals surface area contributed by atoms with E-state index in [0.29, 0.717) is 10.8 Å². The van der Waals surface area contributed by atoms with E-state index in [1.807, 2.05) is 0 Å². The first-order chi connectivity index (χ1) is 11.1. The fraction of sp³-hybridized carbons (Fsp3) is 0.739. The minimum atomic E-state index is 0.351. The molecule has 0 aliphatic heterocycles. The summed E-state index contributed by atoms with van der Waals surface area (Å²) in [5.41, 5.74) is 3.54. The Kier molecular flexibility index (Phi) is 6.53. The van der Waals surface area contributed by atoms with E-state index in [-0.39, 0.29) is 0 Å². The Labute approximate surface area is 150 Å². The Hall–Kier alpha value is -0.820. The molecule has 0 heterocycles. The standard InChI is InChI=1S/C23H38O/c1-22(2,3)14-18-7-9-19(10-8-18)16-24-17-21-12-11-20(13-21)15-23(4,5)6/h7-10,20-21H,11-17H2,1-6H3. The van der Waals surface area contributed by atoms with Gasteiger partial charge in [0.1, 0.15) is 0 Å². The number of hydrogen-bond donors (Lipinski definition) is 0.